The Morgan fingerprint density at radius 1 is 1.14 bits per heavy atom. The fourth-order valence-electron chi connectivity index (χ4n) is 2.43. The molecule has 3 amide bonds. The van der Waals surface area contributed by atoms with Crippen LogP contribution < -0.4 is 16.0 Å². The molecule has 8 heteroatoms. The summed E-state index contributed by atoms with van der Waals surface area (Å²) >= 11 is 0. The third-order valence-electron chi connectivity index (χ3n) is 3.83. The van der Waals surface area contributed by atoms with Crippen molar-refractivity contribution < 1.29 is 14.4 Å². The van der Waals surface area contributed by atoms with E-state index in [-0.39, 0.29) is 29.2 Å². The molecule has 2 aliphatic rings. The molecule has 3 rings (SSSR count). The van der Waals surface area contributed by atoms with Crippen LogP contribution in [0, 0.1) is 0 Å². The van der Waals surface area contributed by atoms with Crippen LogP contribution in [0.1, 0.15) is 53.1 Å². The number of nitrogens with one attached hydrogen (secondary N) is 4. The maximum Gasteiger partial charge on any atom is 0.272 e. The number of carbonyl (C=O) groups is 3. The Balaban J connectivity index is 1.68. The molecule has 1 saturated heterocycles. The van der Waals surface area contributed by atoms with Gasteiger partial charge in [0.1, 0.15) is 11.7 Å². The highest BCUT2D eigenvalue weighted by Crippen LogP contribution is 2.19. The van der Waals surface area contributed by atoms with Gasteiger partial charge in [-0.25, -0.2) is 4.98 Å². The molecule has 1 atom stereocenters. The van der Waals surface area contributed by atoms with Crippen molar-refractivity contribution in [1.82, 2.24) is 25.9 Å². The topological polar surface area (TPSA) is 116 Å². The summed E-state index contributed by atoms with van der Waals surface area (Å²) in [7, 11) is 0. The number of H-pyrrole nitrogens is 1. The zero-order valence-corrected chi connectivity index (χ0v) is 12.1. The van der Waals surface area contributed by atoms with E-state index in [1.54, 1.807) is 0 Å². The van der Waals surface area contributed by atoms with Gasteiger partial charge in [0, 0.05) is 12.6 Å². The molecule has 2 heterocycles. The molecule has 4 N–H and O–H groups in total. The number of hydrogen-bond acceptors (Lipinski definition) is 4. The van der Waals surface area contributed by atoms with E-state index >= 15 is 0 Å². The van der Waals surface area contributed by atoms with Crippen LogP contribution in [0.3, 0.4) is 0 Å². The number of imidazole rings is 1. The van der Waals surface area contributed by atoms with Crippen molar-refractivity contribution in [3.8, 4) is 0 Å². The number of carbonyl (C=O) groups excluding carboxylic acids is 3. The summed E-state index contributed by atoms with van der Waals surface area (Å²) in [5, 5.41) is 8.22. The molecule has 0 aromatic carbocycles. The molecule has 22 heavy (non-hydrogen) atoms. The molecule has 8 nitrogen and oxygen atoms in total. The highest BCUT2D eigenvalue weighted by atomic mass is 16.2. The molecule has 0 bridgehead atoms. The molecule has 1 aromatic rings. The van der Waals surface area contributed by atoms with Crippen LogP contribution in [0.5, 0.6) is 0 Å². The van der Waals surface area contributed by atoms with Gasteiger partial charge in [0.2, 0.25) is 5.91 Å². The van der Waals surface area contributed by atoms with Gasteiger partial charge < -0.3 is 20.9 Å². The second-order valence-electron chi connectivity index (χ2n) is 5.69. The third-order valence-corrected chi connectivity index (χ3v) is 3.83. The van der Waals surface area contributed by atoms with E-state index in [1.165, 1.54) is 6.33 Å². The fourth-order valence-corrected chi connectivity index (χ4v) is 2.43. The molecule has 0 spiro atoms. The zero-order chi connectivity index (χ0) is 15.5. The van der Waals surface area contributed by atoms with Gasteiger partial charge in [-0.3, -0.25) is 14.4 Å². The van der Waals surface area contributed by atoms with Gasteiger partial charge in [-0.1, -0.05) is 0 Å². The number of rotatable bonds is 4. The van der Waals surface area contributed by atoms with Gasteiger partial charge in [0.15, 0.2) is 5.69 Å². The van der Waals surface area contributed by atoms with E-state index in [2.05, 4.69) is 25.9 Å². The maximum absolute atomic E-state index is 12.3. The van der Waals surface area contributed by atoms with Gasteiger partial charge in [-0.05, 0) is 32.1 Å². The van der Waals surface area contributed by atoms with Crippen LogP contribution in [0.2, 0.25) is 0 Å². The van der Waals surface area contributed by atoms with Crippen molar-refractivity contribution >= 4 is 17.7 Å². The van der Waals surface area contributed by atoms with Crippen molar-refractivity contribution in [2.45, 2.75) is 44.2 Å². The minimum Gasteiger partial charge on any atom is -0.354 e. The average Bonchev–Trinajstić information content (AvgIpc) is 3.20. The second kappa shape index (κ2) is 6.17. The van der Waals surface area contributed by atoms with Crippen LogP contribution in [0.4, 0.5) is 0 Å². The minimum atomic E-state index is -0.572. The van der Waals surface area contributed by atoms with E-state index < -0.39 is 11.9 Å². The molecule has 0 radical (unpaired) electrons. The summed E-state index contributed by atoms with van der Waals surface area (Å²) in [6.45, 7) is 0.629. The Bertz CT molecular complexity index is 593. The van der Waals surface area contributed by atoms with Gasteiger partial charge >= 0.3 is 0 Å². The Labute approximate surface area is 127 Å². The van der Waals surface area contributed by atoms with Crippen molar-refractivity contribution in [2.75, 3.05) is 6.54 Å². The smallest absolute Gasteiger partial charge is 0.272 e. The lowest BCUT2D eigenvalue weighted by Crippen LogP contribution is -2.46. The minimum absolute atomic E-state index is 0.0680. The van der Waals surface area contributed by atoms with Gasteiger partial charge in [-0.15, -0.1) is 0 Å². The lowest BCUT2D eigenvalue weighted by Gasteiger charge is -2.14. The number of aromatic nitrogens is 2. The second-order valence-corrected chi connectivity index (χ2v) is 5.69. The monoisotopic (exact) mass is 305 g/mol. The first kappa shape index (κ1) is 14.6. The van der Waals surface area contributed by atoms with Gasteiger partial charge in [0.05, 0.1) is 6.33 Å². The summed E-state index contributed by atoms with van der Waals surface area (Å²) in [4.78, 5) is 42.8. The number of hydrogen-bond donors (Lipinski definition) is 4. The van der Waals surface area contributed by atoms with Crippen molar-refractivity contribution in [1.29, 1.82) is 0 Å². The lowest BCUT2D eigenvalue weighted by molar-refractivity contribution is -0.122. The Kier molecular flexibility index (Phi) is 4.08. The summed E-state index contributed by atoms with van der Waals surface area (Å²) in [5.41, 5.74) is 0.161. The molecule has 2 fully saturated rings. The van der Waals surface area contributed by atoms with Crippen LogP contribution in [-0.2, 0) is 4.79 Å². The predicted molar refractivity (Wildman–Crippen MR) is 77.2 cm³/mol. The first-order valence-electron chi connectivity index (χ1n) is 7.58. The van der Waals surface area contributed by atoms with Gasteiger partial charge in [-0.2, -0.15) is 0 Å². The SMILES string of the molecule is O=C(NC1CC1)c1nc[nH]c1C(=O)NC1CCCCNC1=O. The number of aromatic amines is 1. The number of amides is 3. The molecule has 1 unspecified atom stereocenters. The third kappa shape index (κ3) is 3.26. The Morgan fingerprint density at radius 3 is 2.73 bits per heavy atom. The lowest BCUT2D eigenvalue weighted by atomic mass is 10.1. The van der Waals surface area contributed by atoms with Crippen molar-refractivity contribution in [3.63, 3.8) is 0 Å². The Hall–Kier alpha value is -2.38. The number of nitrogens with zero attached hydrogens (tertiary/aromatic N) is 1. The first-order valence-corrected chi connectivity index (χ1v) is 7.58. The fraction of sp³-hybridized carbons (Fsp3) is 0.571. The molecule has 118 valence electrons. The van der Waals surface area contributed by atoms with E-state index in [0.29, 0.717) is 13.0 Å². The highest BCUT2D eigenvalue weighted by Gasteiger charge is 2.29. The predicted octanol–water partition coefficient (Wildman–Crippen LogP) is -0.300. The van der Waals surface area contributed by atoms with Crippen molar-refractivity contribution in [3.05, 3.63) is 17.7 Å². The van der Waals surface area contributed by atoms with Crippen LogP contribution >= 0.6 is 0 Å². The zero-order valence-electron chi connectivity index (χ0n) is 12.1. The largest absolute Gasteiger partial charge is 0.354 e. The molecular formula is C14H19N5O3. The van der Waals surface area contributed by atoms with E-state index in [1.807, 2.05) is 0 Å². The quantitative estimate of drug-likeness (QED) is 0.611. The molecule has 1 aromatic heterocycles. The summed E-state index contributed by atoms with van der Waals surface area (Å²) in [6, 6.07) is -0.384. The van der Waals surface area contributed by atoms with Crippen LogP contribution in [0.15, 0.2) is 6.33 Å². The van der Waals surface area contributed by atoms with Crippen molar-refractivity contribution in [2.24, 2.45) is 0 Å². The first-order chi connectivity index (χ1) is 10.6. The van der Waals surface area contributed by atoms with E-state index in [4.69, 9.17) is 0 Å². The Morgan fingerprint density at radius 2 is 1.95 bits per heavy atom. The van der Waals surface area contributed by atoms with Crippen LogP contribution in [0.25, 0.3) is 0 Å². The molecular weight excluding hydrogens is 286 g/mol. The van der Waals surface area contributed by atoms with Gasteiger partial charge in [0.25, 0.3) is 11.8 Å². The average molecular weight is 305 g/mol. The van der Waals surface area contributed by atoms with Crippen LogP contribution in [-0.4, -0.2) is 46.3 Å². The summed E-state index contributed by atoms with van der Waals surface area (Å²) < 4.78 is 0. The molecule has 1 aliphatic carbocycles. The highest BCUT2D eigenvalue weighted by molar-refractivity contribution is 6.05. The van der Waals surface area contributed by atoms with E-state index in [9.17, 15) is 14.4 Å². The maximum atomic E-state index is 12.3. The molecule has 1 saturated carbocycles. The summed E-state index contributed by atoms with van der Waals surface area (Å²) in [6.07, 6.45) is 5.58. The molecule has 1 aliphatic heterocycles. The standard InChI is InChI=1S/C14H19N5O3/c20-12-9(3-1-2-6-15-12)19-14(22)11-10(16-7-17-11)13(21)18-8-4-5-8/h7-9H,1-6H2,(H,15,20)(H,16,17)(H,18,21)(H,19,22). The normalized spacial score (nSPS) is 21.6. The van der Waals surface area contributed by atoms with E-state index in [0.717, 1.165) is 25.7 Å². The summed E-state index contributed by atoms with van der Waals surface area (Å²) in [5.74, 6) is -1.03.